The summed E-state index contributed by atoms with van der Waals surface area (Å²) < 4.78 is 0. The molecular weight excluding hydrogens is 323 g/mol. The highest BCUT2D eigenvalue weighted by Crippen LogP contribution is 2.28. The van der Waals surface area contributed by atoms with Crippen LogP contribution in [0.3, 0.4) is 0 Å². The lowest BCUT2D eigenvalue weighted by Crippen LogP contribution is -2.53. The quantitative estimate of drug-likeness (QED) is 0.839. The van der Waals surface area contributed by atoms with Gasteiger partial charge in [-0.15, -0.1) is 0 Å². The Morgan fingerprint density at radius 2 is 2.24 bits per heavy atom. The molecule has 0 aliphatic carbocycles. The van der Waals surface area contributed by atoms with Gasteiger partial charge in [0.25, 0.3) is 0 Å². The first-order valence-corrected chi connectivity index (χ1v) is 9.48. The third-order valence-electron chi connectivity index (χ3n) is 4.04. The largest absolute Gasteiger partial charge is 0.312 e. The van der Waals surface area contributed by atoms with Crippen LogP contribution in [-0.2, 0) is 6.42 Å². The van der Waals surface area contributed by atoms with E-state index in [-0.39, 0.29) is 0 Å². The molecule has 0 bridgehead atoms. The monoisotopic (exact) mass is 346 g/mol. The highest BCUT2D eigenvalue weighted by molar-refractivity contribution is 7.99. The normalized spacial score (nSPS) is 21.4. The van der Waals surface area contributed by atoms with Gasteiger partial charge in [0.1, 0.15) is 0 Å². The Morgan fingerprint density at radius 3 is 2.95 bits per heavy atom. The number of benzene rings is 1. The molecule has 2 rings (SSSR count). The third-order valence-corrected chi connectivity index (χ3v) is 5.94. The molecule has 0 amide bonds. The molecule has 2 unspecified atom stereocenters. The SMILES string of the molecule is CCCNC(Cc1cccc(Cl)c1Cl)C1CSCCN1C. The van der Waals surface area contributed by atoms with Gasteiger partial charge in [-0.25, -0.2) is 0 Å². The van der Waals surface area contributed by atoms with Gasteiger partial charge in [0.2, 0.25) is 0 Å². The zero-order valence-corrected chi connectivity index (χ0v) is 15.1. The highest BCUT2D eigenvalue weighted by atomic mass is 35.5. The van der Waals surface area contributed by atoms with Crippen LogP contribution in [0.25, 0.3) is 0 Å². The molecule has 1 aliphatic heterocycles. The molecule has 1 N–H and O–H groups in total. The minimum Gasteiger partial charge on any atom is -0.312 e. The Bertz CT molecular complexity index is 456. The Morgan fingerprint density at radius 1 is 1.43 bits per heavy atom. The predicted molar refractivity (Wildman–Crippen MR) is 96.0 cm³/mol. The molecule has 2 atom stereocenters. The molecule has 0 spiro atoms. The lowest BCUT2D eigenvalue weighted by Gasteiger charge is -2.38. The molecule has 1 fully saturated rings. The summed E-state index contributed by atoms with van der Waals surface area (Å²) in [6, 6.07) is 6.89. The van der Waals surface area contributed by atoms with Crippen molar-refractivity contribution in [1.29, 1.82) is 0 Å². The van der Waals surface area contributed by atoms with Crippen LogP contribution in [0.1, 0.15) is 18.9 Å². The van der Waals surface area contributed by atoms with Gasteiger partial charge in [0, 0.05) is 30.1 Å². The number of hydrogen-bond acceptors (Lipinski definition) is 3. The minimum atomic E-state index is 0.415. The molecule has 1 saturated heterocycles. The van der Waals surface area contributed by atoms with Gasteiger partial charge in [-0.1, -0.05) is 42.3 Å². The predicted octanol–water partition coefficient (Wildman–Crippen LogP) is 3.95. The van der Waals surface area contributed by atoms with E-state index < -0.39 is 0 Å². The van der Waals surface area contributed by atoms with E-state index in [1.165, 1.54) is 11.5 Å². The number of hydrogen-bond donors (Lipinski definition) is 1. The smallest absolute Gasteiger partial charge is 0.0624 e. The van der Waals surface area contributed by atoms with E-state index in [0.717, 1.165) is 31.5 Å². The highest BCUT2D eigenvalue weighted by Gasteiger charge is 2.28. The number of nitrogens with zero attached hydrogens (tertiary/aromatic N) is 1. The van der Waals surface area contributed by atoms with Gasteiger partial charge < -0.3 is 10.2 Å². The second-order valence-electron chi connectivity index (χ2n) is 5.60. The average Bonchev–Trinajstić information content (AvgIpc) is 2.48. The first-order valence-electron chi connectivity index (χ1n) is 7.57. The standard InChI is InChI=1S/C16H24Cl2N2S/c1-3-7-19-14(15-11-21-9-8-20(15)2)10-12-5-4-6-13(17)16(12)18/h4-6,14-15,19H,3,7-11H2,1-2H3. The Kier molecular flexibility index (Phi) is 7.17. The summed E-state index contributed by atoms with van der Waals surface area (Å²) >= 11 is 14.6. The number of rotatable bonds is 6. The van der Waals surface area contributed by atoms with E-state index in [1.54, 1.807) is 0 Å². The van der Waals surface area contributed by atoms with Gasteiger partial charge in [-0.05, 0) is 38.1 Å². The fourth-order valence-corrected chi connectivity index (χ4v) is 4.46. The molecule has 118 valence electrons. The summed E-state index contributed by atoms with van der Waals surface area (Å²) in [5.41, 5.74) is 1.14. The van der Waals surface area contributed by atoms with Crippen molar-refractivity contribution >= 4 is 35.0 Å². The zero-order chi connectivity index (χ0) is 15.2. The van der Waals surface area contributed by atoms with Gasteiger partial charge in [0.05, 0.1) is 10.0 Å². The molecule has 1 aromatic rings. The second-order valence-corrected chi connectivity index (χ2v) is 7.54. The summed E-state index contributed by atoms with van der Waals surface area (Å²) in [7, 11) is 2.23. The van der Waals surface area contributed by atoms with Crippen LogP contribution in [0.2, 0.25) is 10.0 Å². The van der Waals surface area contributed by atoms with Gasteiger partial charge in [-0.3, -0.25) is 0 Å². The molecule has 2 nitrogen and oxygen atoms in total. The number of halogens is 2. The van der Waals surface area contributed by atoms with Crippen LogP contribution in [0.5, 0.6) is 0 Å². The van der Waals surface area contributed by atoms with Crippen LogP contribution in [0.15, 0.2) is 18.2 Å². The molecule has 0 saturated carbocycles. The van der Waals surface area contributed by atoms with Crippen molar-refractivity contribution in [2.45, 2.75) is 31.8 Å². The lowest BCUT2D eigenvalue weighted by atomic mass is 9.99. The number of nitrogens with one attached hydrogen (secondary N) is 1. The summed E-state index contributed by atoms with van der Waals surface area (Å²) in [4.78, 5) is 2.47. The molecule has 21 heavy (non-hydrogen) atoms. The van der Waals surface area contributed by atoms with Crippen LogP contribution >= 0.6 is 35.0 Å². The van der Waals surface area contributed by atoms with Crippen molar-refractivity contribution in [2.24, 2.45) is 0 Å². The summed E-state index contributed by atoms with van der Waals surface area (Å²) in [5.74, 6) is 2.40. The van der Waals surface area contributed by atoms with E-state index in [2.05, 4.69) is 30.3 Å². The van der Waals surface area contributed by atoms with E-state index >= 15 is 0 Å². The first-order chi connectivity index (χ1) is 10.1. The second kappa shape index (κ2) is 8.64. The number of thioether (sulfide) groups is 1. The molecule has 1 aliphatic rings. The van der Waals surface area contributed by atoms with Gasteiger partial charge >= 0.3 is 0 Å². The maximum atomic E-state index is 6.37. The van der Waals surface area contributed by atoms with E-state index in [1.807, 2.05) is 23.9 Å². The third kappa shape index (κ3) is 4.77. The molecule has 5 heteroatoms. The molecular formula is C16H24Cl2N2S. The topological polar surface area (TPSA) is 15.3 Å². The van der Waals surface area contributed by atoms with Crippen LogP contribution in [0.4, 0.5) is 0 Å². The van der Waals surface area contributed by atoms with Crippen molar-refractivity contribution in [2.75, 3.05) is 31.6 Å². The summed E-state index contributed by atoms with van der Waals surface area (Å²) in [5, 5.41) is 5.06. The summed E-state index contributed by atoms with van der Waals surface area (Å²) in [6.45, 7) is 4.40. The summed E-state index contributed by atoms with van der Waals surface area (Å²) in [6.07, 6.45) is 2.07. The van der Waals surface area contributed by atoms with Crippen LogP contribution in [0, 0.1) is 0 Å². The fourth-order valence-electron chi connectivity index (χ4n) is 2.75. The molecule has 0 radical (unpaired) electrons. The van der Waals surface area contributed by atoms with Gasteiger partial charge in [-0.2, -0.15) is 11.8 Å². The van der Waals surface area contributed by atoms with Crippen molar-refractivity contribution in [3.05, 3.63) is 33.8 Å². The van der Waals surface area contributed by atoms with E-state index in [0.29, 0.717) is 22.1 Å². The van der Waals surface area contributed by atoms with E-state index in [9.17, 15) is 0 Å². The molecule has 0 aromatic heterocycles. The Labute approximate surface area is 142 Å². The molecule has 1 aromatic carbocycles. The van der Waals surface area contributed by atoms with Gasteiger partial charge in [0.15, 0.2) is 0 Å². The number of likely N-dealkylation sites (N-methyl/N-ethyl adjacent to an activating group) is 1. The van der Waals surface area contributed by atoms with Crippen molar-refractivity contribution in [3.8, 4) is 0 Å². The lowest BCUT2D eigenvalue weighted by molar-refractivity contribution is 0.213. The van der Waals surface area contributed by atoms with Crippen molar-refractivity contribution < 1.29 is 0 Å². The van der Waals surface area contributed by atoms with Crippen molar-refractivity contribution in [1.82, 2.24) is 10.2 Å². The van der Waals surface area contributed by atoms with Crippen LogP contribution < -0.4 is 5.32 Å². The van der Waals surface area contributed by atoms with E-state index in [4.69, 9.17) is 23.2 Å². The molecule has 1 heterocycles. The Hall–Kier alpha value is 0.0700. The maximum absolute atomic E-state index is 6.37. The zero-order valence-electron chi connectivity index (χ0n) is 12.7. The van der Waals surface area contributed by atoms with Crippen LogP contribution in [-0.4, -0.2) is 48.6 Å². The first kappa shape index (κ1) is 17.4. The Balaban J connectivity index is 2.13. The average molecular weight is 347 g/mol. The van der Waals surface area contributed by atoms with Crippen molar-refractivity contribution in [3.63, 3.8) is 0 Å². The minimum absolute atomic E-state index is 0.415. The fraction of sp³-hybridized carbons (Fsp3) is 0.625. The maximum Gasteiger partial charge on any atom is 0.0624 e.